The highest BCUT2D eigenvalue weighted by molar-refractivity contribution is 5.78. The lowest BCUT2D eigenvalue weighted by Crippen LogP contribution is -2.27. The Morgan fingerprint density at radius 2 is 2.38 bits per heavy atom. The lowest BCUT2D eigenvalue weighted by atomic mass is 9.94. The van der Waals surface area contributed by atoms with Gasteiger partial charge < -0.3 is 10.4 Å². The average Bonchev–Trinajstić information content (AvgIpc) is 2.58. The number of aliphatic hydroxyl groups is 1. The summed E-state index contributed by atoms with van der Waals surface area (Å²) in [6, 6.07) is 0.214. The zero-order valence-electron chi connectivity index (χ0n) is 7.10. The molecule has 0 bridgehead atoms. The zero-order valence-corrected chi connectivity index (χ0v) is 7.10. The normalized spacial score (nSPS) is 30.2. The molecule has 2 rings (SSSR count). The third-order valence-corrected chi connectivity index (χ3v) is 2.35. The predicted octanol–water partition coefficient (Wildman–Crippen LogP) is 0.146. The van der Waals surface area contributed by atoms with Crippen molar-refractivity contribution in [3.05, 3.63) is 35.6 Å². The summed E-state index contributed by atoms with van der Waals surface area (Å²) in [5, 5.41) is 12.0. The van der Waals surface area contributed by atoms with Gasteiger partial charge in [-0.3, -0.25) is 4.79 Å². The lowest BCUT2D eigenvalue weighted by Gasteiger charge is -2.17. The van der Waals surface area contributed by atoms with Crippen LogP contribution in [0.5, 0.6) is 0 Å². The minimum absolute atomic E-state index is 0.0328. The minimum Gasteiger partial charge on any atom is -0.390 e. The second kappa shape index (κ2) is 3.18. The van der Waals surface area contributed by atoms with E-state index in [0.717, 1.165) is 12.0 Å². The second-order valence-corrected chi connectivity index (χ2v) is 3.24. The summed E-state index contributed by atoms with van der Waals surface area (Å²) >= 11 is 0. The average molecular weight is 177 g/mol. The van der Waals surface area contributed by atoms with Gasteiger partial charge in [-0.25, -0.2) is 0 Å². The van der Waals surface area contributed by atoms with E-state index in [9.17, 15) is 4.79 Å². The molecule has 1 aliphatic carbocycles. The molecule has 2 atom stereocenters. The van der Waals surface area contributed by atoms with Crippen LogP contribution in [0, 0.1) is 5.92 Å². The van der Waals surface area contributed by atoms with Crippen LogP contribution in [0.15, 0.2) is 35.6 Å². The SMILES string of the molecule is O=CC1=CC2C=C(CO)NC2C=C1. The molecule has 0 saturated carbocycles. The maximum Gasteiger partial charge on any atom is 0.149 e. The third-order valence-electron chi connectivity index (χ3n) is 2.35. The van der Waals surface area contributed by atoms with Gasteiger partial charge in [-0.1, -0.05) is 24.3 Å². The van der Waals surface area contributed by atoms with Crippen molar-refractivity contribution >= 4 is 6.29 Å². The molecule has 0 radical (unpaired) electrons. The number of carbonyl (C=O) groups excluding carboxylic acids is 1. The molecule has 0 saturated heterocycles. The minimum atomic E-state index is 0.0328. The largest absolute Gasteiger partial charge is 0.390 e. The Morgan fingerprint density at radius 3 is 3.08 bits per heavy atom. The van der Waals surface area contributed by atoms with Gasteiger partial charge in [0.05, 0.1) is 12.6 Å². The van der Waals surface area contributed by atoms with Gasteiger partial charge in [-0.15, -0.1) is 0 Å². The number of nitrogens with one attached hydrogen (secondary N) is 1. The molecule has 68 valence electrons. The lowest BCUT2D eigenvalue weighted by molar-refractivity contribution is -0.104. The van der Waals surface area contributed by atoms with E-state index in [1.807, 2.05) is 18.2 Å². The molecule has 3 heteroatoms. The topological polar surface area (TPSA) is 49.3 Å². The van der Waals surface area contributed by atoms with Crippen molar-refractivity contribution in [1.82, 2.24) is 5.32 Å². The first-order valence-electron chi connectivity index (χ1n) is 4.27. The molecule has 0 aromatic heterocycles. The Balaban J connectivity index is 2.20. The van der Waals surface area contributed by atoms with Crippen LogP contribution in [0.3, 0.4) is 0 Å². The number of hydrogen-bond donors (Lipinski definition) is 2. The number of aliphatic hydroxyl groups excluding tert-OH is 1. The zero-order chi connectivity index (χ0) is 9.26. The van der Waals surface area contributed by atoms with Crippen molar-refractivity contribution in [2.45, 2.75) is 6.04 Å². The third kappa shape index (κ3) is 1.42. The molecule has 3 nitrogen and oxygen atoms in total. The van der Waals surface area contributed by atoms with Gasteiger partial charge in [-0.05, 0) is 0 Å². The van der Waals surface area contributed by atoms with E-state index in [4.69, 9.17) is 5.11 Å². The Morgan fingerprint density at radius 1 is 1.54 bits per heavy atom. The van der Waals surface area contributed by atoms with Crippen LogP contribution in [0.25, 0.3) is 0 Å². The number of carbonyl (C=O) groups is 1. The predicted molar refractivity (Wildman–Crippen MR) is 48.9 cm³/mol. The van der Waals surface area contributed by atoms with Gasteiger partial charge in [0, 0.05) is 17.2 Å². The van der Waals surface area contributed by atoms with Crippen molar-refractivity contribution < 1.29 is 9.90 Å². The molecule has 13 heavy (non-hydrogen) atoms. The van der Waals surface area contributed by atoms with Crippen LogP contribution < -0.4 is 5.32 Å². The molecule has 2 N–H and O–H groups in total. The highest BCUT2D eigenvalue weighted by atomic mass is 16.3. The second-order valence-electron chi connectivity index (χ2n) is 3.24. The first kappa shape index (κ1) is 8.26. The summed E-state index contributed by atoms with van der Waals surface area (Å²) in [5.41, 5.74) is 1.54. The first-order valence-corrected chi connectivity index (χ1v) is 4.27. The standard InChI is InChI=1S/C10H11NO2/c12-5-7-1-2-10-8(3-7)4-9(6-13)11-10/h1-5,8,10-11,13H,6H2. The fraction of sp³-hybridized carbons (Fsp3) is 0.300. The van der Waals surface area contributed by atoms with E-state index < -0.39 is 0 Å². The van der Waals surface area contributed by atoms with E-state index in [1.54, 1.807) is 6.08 Å². The Bertz CT molecular complexity index is 315. The van der Waals surface area contributed by atoms with Crippen LogP contribution in [-0.4, -0.2) is 24.0 Å². The van der Waals surface area contributed by atoms with Gasteiger partial charge in [0.25, 0.3) is 0 Å². The van der Waals surface area contributed by atoms with Gasteiger partial charge in [0.1, 0.15) is 6.29 Å². The van der Waals surface area contributed by atoms with E-state index in [-0.39, 0.29) is 18.6 Å². The van der Waals surface area contributed by atoms with Crippen molar-refractivity contribution in [2.24, 2.45) is 5.92 Å². The summed E-state index contributed by atoms with van der Waals surface area (Å²) < 4.78 is 0. The quantitative estimate of drug-likeness (QED) is 0.590. The van der Waals surface area contributed by atoms with Crippen LogP contribution in [0.2, 0.25) is 0 Å². The molecule has 0 spiro atoms. The van der Waals surface area contributed by atoms with Gasteiger partial charge in [-0.2, -0.15) is 0 Å². The molecule has 2 aliphatic rings. The summed E-state index contributed by atoms with van der Waals surface area (Å²) in [6.07, 6.45) is 8.46. The Hall–Kier alpha value is -1.35. The maximum absolute atomic E-state index is 10.5. The van der Waals surface area contributed by atoms with Crippen molar-refractivity contribution in [3.63, 3.8) is 0 Å². The number of aldehydes is 1. The van der Waals surface area contributed by atoms with Crippen LogP contribution in [-0.2, 0) is 4.79 Å². The molecule has 1 aliphatic heterocycles. The van der Waals surface area contributed by atoms with Gasteiger partial charge in [0.15, 0.2) is 0 Å². The Labute approximate surface area is 76.4 Å². The number of fused-ring (bicyclic) bond motifs is 1. The molecule has 0 aromatic carbocycles. The van der Waals surface area contributed by atoms with Gasteiger partial charge in [0.2, 0.25) is 0 Å². The maximum atomic E-state index is 10.5. The molecular formula is C10H11NO2. The van der Waals surface area contributed by atoms with E-state index in [2.05, 4.69) is 5.32 Å². The number of rotatable bonds is 2. The molecule has 0 amide bonds. The summed E-state index contributed by atoms with van der Waals surface area (Å²) in [5.74, 6) is 0.215. The molecular weight excluding hydrogens is 166 g/mol. The van der Waals surface area contributed by atoms with E-state index in [1.165, 1.54) is 0 Å². The number of allylic oxidation sites excluding steroid dienone is 2. The summed E-state index contributed by atoms with van der Waals surface area (Å²) in [6.45, 7) is 0.0328. The summed E-state index contributed by atoms with van der Waals surface area (Å²) in [4.78, 5) is 10.5. The fourth-order valence-electron chi connectivity index (χ4n) is 1.69. The molecule has 0 aromatic rings. The Kier molecular flexibility index (Phi) is 2.02. The number of hydrogen-bond acceptors (Lipinski definition) is 3. The van der Waals surface area contributed by atoms with E-state index >= 15 is 0 Å². The summed E-state index contributed by atoms with van der Waals surface area (Å²) in [7, 11) is 0. The fourth-order valence-corrected chi connectivity index (χ4v) is 1.69. The van der Waals surface area contributed by atoms with Crippen molar-refractivity contribution in [3.8, 4) is 0 Å². The molecule has 0 fully saturated rings. The van der Waals surface area contributed by atoms with Crippen molar-refractivity contribution in [2.75, 3.05) is 6.61 Å². The first-order chi connectivity index (χ1) is 6.33. The highest BCUT2D eigenvalue weighted by Gasteiger charge is 2.24. The highest BCUT2D eigenvalue weighted by Crippen LogP contribution is 2.24. The van der Waals surface area contributed by atoms with Crippen LogP contribution >= 0.6 is 0 Å². The molecule has 2 unspecified atom stereocenters. The monoisotopic (exact) mass is 177 g/mol. The smallest absolute Gasteiger partial charge is 0.149 e. The van der Waals surface area contributed by atoms with Crippen LogP contribution in [0.1, 0.15) is 0 Å². The van der Waals surface area contributed by atoms with E-state index in [0.29, 0.717) is 5.57 Å². The molecule has 1 heterocycles. The van der Waals surface area contributed by atoms with Crippen LogP contribution in [0.4, 0.5) is 0 Å². The van der Waals surface area contributed by atoms with Gasteiger partial charge >= 0.3 is 0 Å². The van der Waals surface area contributed by atoms with Crippen molar-refractivity contribution in [1.29, 1.82) is 0 Å².